The van der Waals surface area contributed by atoms with Crippen molar-refractivity contribution in [3.8, 4) is 11.3 Å². The maximum atomic E-state index is 12.4. The van der Waals surface area contributed by atoms with E-state index in [1.165, 1.54) is 6.07 Å². The molecule has 0 saturated heterocycles. The fraction of sp³-hybridized carbons (Fsp3) is 0.105. The van der Waals surface area contributed by atoms with Crippen LogP contribution in [0.1, 0.15) is 15.9 Å². The van der Waals surface area contributed by atoms with Gasteiger partial charge in [-0.15, -0.1) is 0 Å². The van der Waals surface area contributed by atoms with E-state index >= 15 is 0 Å². The van der Waals surface area contributed by atoms with Gasteiger partial charge < -0.3 is 10.4 Å². The van der Waals surface area contributed by atoms with E-state index in [0.717, 1.165) is 5.56 Å². The number of hydrogen-bond donors (Lipinski definition) is 3. The zero-order valence-corrected chi connectivity index (χ0v) is 17.3. The quantitative estimate of drug-likeness (QED) is 0.514. The SMILES string of the molecule is O=C(NCc1cccc(Cl)c1Cl)c1cc(-c2ccncc2)n[nH]c1=O.O=C(O)C(F)(F)F. The van der Waals surface area contributed by atoms with Crippen LogP contribution in [0.3, 0.4) is 0 Å². The third kappa shape index (κ3) is 6.79. The van der Waals surface area contributed by atoms with Crippen LogP contribution in [0, 0.1) is 0 Å². The standard InChI is InChI=1S/C17H12Cl2N4O2.C2HF3O2/c18-13-3-1-2-11(15(13)19)9-21-16(24)12-8-14(22-23-17(12)25)10-4-6-20-7-5-10;3-2(4,5)1(6)7/h1-8H,9H2,(H,21,24)(H,23,25);(H,6,7). The zero-order chi connectivity index (χ0) is 23.9. The summed E-state index contributed by atoms with van der Waals surface area (Å²) in [7, 11) is 0. The van der Waals surface area contributed by atoms with Crippen molar-refractivity contribution >= 4 is 35.1 Å². The van der Waals surface area contributed by atoms with Crippen molar-refractivity contribution in [2.45, 2.75) is 12.7 Å². The van der Waals surface area contributed by atoms with Gasteiger partial charge in [0, 0.05) is 24.5 Å². The average molecular weight is 489 g/mol. The Morgan fingerprint density at radius 2 is 1.75 bits per heavy atom. The molecule has 2 heterocycles. The van der Waals surface area contributed by atoms with Crippen molar-refractivity contribution in [3.63, 3.8) is 0 Å². The van der Waals surface area contributed by atoms with Gasteiger partial charge in [0.05, 0.1) is 15.7 Å². The van der Waals surface area contributed by atoms with Crippen molar-refractivity contribution in [1.29, 1.82) is 0 Å². The number of alkyl halides is 3. The minimum absolute atomic E-state index is 0.0417. The molecule has 0 fully saturated rings. The lowest BCUT2D eigenvalue weighted by molar-refractivity contribution is -0.192. The van der Waals surface area contributed by atoms with Gasteiger partial charge in [0.15, 0.2) is 0 Å². The van der Waals surface area contributed by atoms with E-state index in [0.29, 0.717) is 21.3 Å². The lowest BCUT2D eigenvalue weighted by Gasteiger charge is -2.08. The number of hydrogen-bond acceptors (Lipinski definition) is 5. The molecule has 32 heavy (non-hydrogen) atoms. The fourth-order valence-corrected chi connectivity index (χ4v) is 2.59. The molecule has 0 aliphatic rings. The van der Waals surface area contributed by atoms with Crippen molar-refractivity contribution in [3.05, 3.63) is 80.3 Å². The van der Waals surface area contributed by atoms with E-state index in [9.17, 15) is 22.8 Å². The third-order valence-corrected chi connectivity index (χ3v) is 4.60. The van der Waals surface area contributed by atoms with Crippen LogP contribution in [-0.4, -0.2) is 38.3 Å². The number of nitrogens with zero attached hydrogens (tertiary/aromatic N) is 2. The van der Waals surface area contributed by atoms with E-state index in [1.807, 2.05) is 0 Å². The number of carbonyl (C=O) groups excluding carboxylic acids is 1. The van der Waals surface area contributed by atoms with Gasteiger partial charge >= 0.3 is 12.1 Å². The number of nitrogens with one attached hydrogen (secondary N) is 2. The summed E-state index contributed by atoms with van der Waals surface area (Å²) in [5.41, 5.74) is 1.24. The normalized spacial score (nSPS) is 10.7. The van der Waals surface area contributed by atoms with Gasteiger partial charge in [-0.3, -0.25) is 14.6 Å². The van der Waals surface area contributed by atoms with E-state index in [4.69, 9.17) is 33.1 Å². The molecule has 0 bridgehead atoms. The highest BCUT2D eigenvalue weighted by molar-refractivity contribution is 6.42. The summed E-state index contributed by atoms with van der Waals surface area (Å²) in [5.74, 6) is -3.29. The molecule has 13 heteroatoms. The average Bonchev–Trinajstić information content (AvgIpc) is 2.75. The fourth-order valence-electron chi connectivity index (χ4n) is 2.20. The van der Waals surface area contributed by atoms with Crippen molar-refractivity contribution < 1.29 is 27.9 Å². The van der Waals surface area contributed by atoms with Crippen LogP contribution in [0.4, 0.5) is 13.2 Å². The maximum Gasteiger partial charge on any atom is 0.490 e. The number of rotatable bonds is 4. The Morgan fingerprint density at radius 3 is 2.34 bits per heavy atom. The Kier molecular flexibility index (Phi) is 8.33. The Bertz CT molecular complexity index is 1170. The molecular weight excluding hydrogens is 476 g/mol. The van der Waals surface area contributed by atoms with Gasteiger partial charge in [0.1, 0.15) is 5.56 Å². The summed E-state index contributed by atoms with van der Waals surface area (Å²) < 4.78 is 31.7. The van der Waals surface area contributed by atoms with Gasteiger partial charge in [-0.05, 0) is 29.8 Å². The van der Waals surface area contributed by atoms with Crippen LogP contribution in [0.15, 0.2) is 53.6 Å². The summed E-state index contributed by atoms with van der Waals surface area (Å²) >= 11 is 12.0. The third-order valence-electron chi connectivity index (χ3n) is 3.74. The number of aromatic amines is 1. The van der Waals surface area contributed by atoms with Crippen molar-refractivity contribution in [1.82, 2.24) is 20.5 Å². The summed E-state index contributed by atoms with van der Waals surface area (Å²) in [4.78, 5) is 37.1. The smallest absolute Gasteiger partial charge is 0.475 e. The Balaban J connectivity index is 0.000000451. The van der Waals surface area contributed by atoms with Crippen LogP contribution in [-0.2, 0) is 11.3 Å². The van der Waals surface area contributed by atoms with Gasteiger partial charge in [0.2, 0.25) is 0 Å². The van der Waals surface area contributed by atoms with E-state index < -0.39 is 23.6 Å². The first-order valence-corrected chi connectivity index (χ1v) is 9.27. The molecule has 2 aromatic heterocycles. The summed E-state index contributed by atoms with van der Waals surface area (Å²) in [5, 5.41) is 16.8. The van der Waals surface area contributed by atoms with E-state index in [-0.39, 0.29) is 12.1 Å². The number of carboxylic acid groups (broad SMARTS) is 1. The second kappa shape index (κ2) is 10.7. The molecule has 0 radical (unpaired) electrons. The molecular formula is C19H13Cl2F3N4O4. The monoisotopic (exact) mass is 488 g/mol. The van der Waals surface area contributed by atoms with Crippen LogP contribution < -0.4 is 10.9 Å². The van der Waals surface area contributed by atoms with Crippen molar-refractivity contribution in [2.24, 2.45) is 0 Å². The number of halogens is 5. The number of amides is 1. The highest BCUT2D eigenvalue weighted by atomic mass is 35.5. The first kappa shape index (κ1) is 24.8. The number of benzene rings is 1. The van der Waals surface area contributed by atoms with Crippen LogP contribution in [0.25, 0.3) is 11.3 Å². The number of H-pyrrole nitrogens is 1. The number of pyridine rings is 1. The molecule has 1 amide bonds. The first-order valence-electron chi connectivity index (χ1n) is 8.52. The highest BCUT2D eigenvalue weighted by Crippen LogP contribution is 2.25. The van der Waals surface area contributed by atoms with Crippen LogP contribution >= 0.6 is 23.2 Å². The molecule has 0 unspecified atom stereocenters. The van der Waals surface area contributed by atoms with Gasteiger partial charge in [-0.1, -0.05) is 35.3 Å². The van der Waals surface area contributed by atoms with Gasteiger partial charge in [0.25, 0.3) is 11.5 Å². The number of aromatic nitrogens is 3. The van der Waals surface area contributed by atoms with Crippen LogP contribution in [0.2, 0.25) is 10.0 Å². The molecule has 0 saturated carbocycles. The van der Waals surface area contributed by atoms with E-state index in [1.54, 1.807) is 42.7 Å². The molecule has 0 aliphatic heterocycles. The van der Waals surface area contributed by atoms with Gasteiger partial charge in [-0.25, -0.2) is 9.89 Å². The largest absolute Gasteiger partial charge is 0.490 e. The molecule has 3 aromatic rings. The van der Waals surface area contributed by atoms with E-state index in [2.05, 4.69) is 20.5 Å². The molecule has 3 rings (SSSR count). The molecule has 0 aliphatic carbocycles. The van der Waals surface area contributed by atoms with Crippen molar-refractivity contribution in [2.75, 3.05) is 0 Å². The lowest BCUT2D eigenvalue weighted by Crippen LogP contribution is -2.29. The molecule has 1 aromatic carbocycles. The summed E-state index contributed by atoms with van der Waals surface area (Å²) in [6, 6.07) is 10.0. The molecule has 168 valence electrons. The number of aliphatic carboxylic acids is 1. The minimum atomic E-state index is -5.08. The summed E-state index contributed by atoms with van der Waals surface area (Å²) in [6.45, 7) is 0.143. The Hall–Kier alpha value is -3.44. The lowest BCUT2D eigenvalue weighted by atomic mass is 10.1. The zero-order valence-electron chi connectivity index (χ0n) is 15.8. The highest BCUT2D eigenvalue weighted by Gasteiger charge is 2.38. The molecule has 0 atom stereocenters. The van der Waals surface area contributed by atoms with Crippen LogP contribution in [0.5, 0.6) is 0 Å². The minimum Gasteiger partial charge on any atom is -0.475 e. The summed E-state index contributed by atoms with van der Waals surface area (Å²) in [6.07, 6.45) is -1.88. The number of carboxylic acids is 1. The predicted molar refractivity (Wildman–Crippen MR) is 109 cm³/mol. The number of carbonyl (C=O) groups is 2. The molecule has 8 nitrogen and oxygen atoms in total. The second-order valence-electron chi connectivity index (χ2n) is 5.93. The molecule has 3 N–H and O–H groups in total. The topological polar surface area (TPSA) is 125 Å². The Labute approximate surface area is 188 Å². The second-order valence-corrected chi connectivity index (χ2v) is 6.72. The Morgan fingerprint density at radius 1 is 1.12 bits per heavy atom. The molecule has 0 spiro atoms. The maximum absolute atomic E-state index is 12.4. The first-order chi connectivity index (χ1) is 15.0. The van der Waals surface area contributed by atoms with Gasteiger partial charge in [-0.2, -0.15) is 18.3 Å². The predicted octanol–water partition coefficient (Wildman–Crippen LogP) is 3.70.